The van der Waals surface area contributed by atoms with Gasteiger partial charge in [-0.1, -0.05) is 11.3 Å². The predicted molar refractivity (Wildman–Crippen MR) is 72.5 cm³/mol. The fourth-order valence-corrected chi connectivity index (χ4v) is 3.51. The minimum atomic E-state index is -3.63. The first-order valence-electron chi connectivity index (χ1n) is 5.41. The van der Waals surface area contributed by atoms with Crippen LogP contribution < -0.4 is 4.87 Å². The second kappa shape index (κ2) is 5.13. The van der Waals surface area contributed by atoms with Gasteiger partial charge in [-0.25, -0.2) is 8.42 Å². The summed E-state index contributed by atoms with van der Waals surface area (Å²) in [6.45, 7) is 0.136. The van der Waals surface area contributed by atoms with Crippen LogP contribution in [-0.2, 0) is 10.0 Å². The van der Waals surface area contributed by atoms with Gasteiger partial charge in [0.15, 0.2) is 0 Å². The van der Waals surface area contributed by atoms with E-state index in [-0.39, 0.29) is 22.7 Å². The van der Waals surface area contributed by atoms with Crippen molar-refractivity contribution in [3.05, 3.63) is 27.9 Å². The zero-order valence-corrected chi connectivity index (χ0v) is 11.7. The third kappa shape index (κ3) is 2.68. The van der Waals surface area contributed by atoms with E-state index in [2.05, 4.69) is 4.98 Å². The van der Waals surface area contributed by atoms with Crippen LogP contribution in [0.25, 0.3) is 10.2 Å². The fraction of sp³-hybridized carbons (Fsp3) is 0.273. The van der Waals surface area contributed by atoms with Crippen molar-refractivity contribution in [3.63, 3.8) is 0 Å². The number of aromatic amines is 1. The van der Waals surface area contributed by atoms with E-state index in [0.717, 1.165) is 15.6 Å². The smallest absolute Gasteiger partial charge is 0.305 e. The Balaban J connectivity index is 2.42. The van der Waals surface area contributed by atoms with Gasteiger partial charge in [0.05, 0.1) is 21.2 Å². The highest BCUT2D eigenvalue weighted by atomic mass is 32.2. The van der Waals surface area contributed by atoms with Crippen molar-refractivity contribution < 1.29 is 8.42 Å². The van der Waals surface area contributed by atoms with Crippen molar-refractivity contribution in [2.45, 2.75) is 11.3 Å². The molecule has 0 saturated heterocycles. The topological polar surface area (TPSA) is 94.0 Å². The van der Waals surface area contributed by atoms with Crippen molar-refractivity contribution in [2.24, 2.45) is 0 Å². The molecule has 0 spiro atoms. The van der Waals surface area contributed by atoms with E-state index in [1.165, 1.54) is 19.2 Å². The summed E-state index contributed by atoms with van der Waals surface area (Å²) in [4.78, 5) is 13.7. The standard InChI is InChI=1S/C11H11N3O3S2/c1-14(6-2-5-12)19(16,17)8-3-4-10-9(7-8)13-11(15)18-10/h3-4,7H,2,6H2,1H3,(H,13,15). The lowest BCUT2D eigenvalue weighted by Crippen LogP contribution is -2.27. The van der Waals surface area contributed by atoms with Crippen LogP contribution in [0.5, 0.6) is 0 Å². The number of aromatic nitrogens is 1. The van der Waals surface area contributed by atoms with Crippen LogP contribution in [0.1, 0.15) is 6.42 Å². The minimum absolute atomic E-state index is 0.106. The van der Waals surface area contributed by atoms with E-state index in [1.807, 2.05) is 6.07 Å². The Kier molecular flexibility index (Phi) is 3.71. The molecular formula is C11H11N3O3S2. The summed E-state index contributed by atoms with van der Waals surface area (Å²) in [5, 5.41) is 8.49. The van der Waals surface area contributed by atoms with E-state index < -0.39 is 10.0 Å². The Morgan fingerprint density at radius 3 is 2.89 bits per heavy atom. The van der Waals surface area contributed by atoms with E-state index in [9.17, 15) is 13.2 Å². The van der Waals surface area contributed by atoms with Gasteiger partial charge in [-0.15, -0.1) is 0 Å². The summed E-state index contributed by atoms with van der Waals surface area (Å²) in [6.07, 6.45) is 0.132. The molecule has 0 fully saturated rings. The van der Waals surface area contributed by atoms with E-state index >= 15 is 0 Å². The molecule has 19 heavy (non-hydrogen) atoms. The quantitative estimate of drug-likeness (QED) is 0.915. The van der Waals surface area contributed by atoms with Gasteiger partial charge in [0.1, 0.15) is 0 Å². The summed E-state index contributed by atoms with van der Waals surface area (Å²) in [7, 11) is -2.20. The molecule has 0 saturated carbocycles. The van der Waals surface area contributed by atoms with Crippen molar-refractivity contribution in [1.29, 1.82) is 5.26 Å². The van der Waals surface area contributed by atoms with Gasteiger partial charge >= 0.3 is 4.87 Å². The normalized spacial score (nSPS) is 11.8. The first kappa shape index (κ1) is 13.7. The van der Waals surface area contributed by atoms with Gasteiger partial charge in [-0.05, 0) is 18.2 Å². The molecule has 6 nitrogen and oxygen atoms in total. The molecular weight excluding hydrogens is 286 g/mol. The van der Waals surface area contributed by atoms with Crippen LogP contribution in [0.15, 0.2) is 27.9 Å². The molecule has 0 atom stereocenters. The minimum Gasteiger partial charge on any atom is -0.312 e. The van der Waals surface area contributed by atoms with Crippen LogP contribution in [0, 0.1) is 11.3 Å². The molecule has 0 aliphatic carbocycles. The maximum absolute atomic E-state index is 12.2. The van der Waals surface area contributed by atoms with Gasteiger partial charge in [0, 0.05) is 20.0 Å². The molecule has 0 bridgehead atoms. The molecule has 1 heterocycles. The Morgan fingerprint density at radius 2 is 2.21 bits per heavy atom. The number of H-pyrrole nitrogens is 1. The van der Waals surface area contributed by atoms with Gasteiger partial charge in [-0.2, -0.15) is 9.57 Å². The number of fused-ring (bicyclic) bond motifs is 1. The van der Waals surface area contributed by atoms with Crippen molar-refractivity contribution >= 4 is 31.6 Å². The number of nitrogens with zero attached hydrogens (tertiary/aromatic N) is 2. The predicted octanol–water partition coefficient (Wildman–Crippen LogP) is 1.12. The van der Waals surface area contributed by atoms with Crippen LogP contribution in [0.3, 0.4) is 0 Å². The average Bonchev–Trinajstić information content (AvgIpc) is 2.74. The number of nitriles is 1. The second-order valence-corrected chi connectivity index (χ2v) is 6.97. The lowest BCUT2D eigenvalue weighted by molar-refractivity contribution is 0.476. The molecule has 0 radical (unpaired) electrons. The van der Waals surface area contributed by atoms with Crippen LogP contribution in [0.4, 0.5) is 0 Å². The summed E-state index contributed by atoms with van der Waals surface area (Å²) >= 11 is 1.03. The zero-order chi connectivity index (χ0) is 14.0. The van der Waals surface area contributed by atoms with Crippen LogP contribution in [0.2, 0.25) is 0 Å². The largest absolute Gasteiger partial charge is 0.312 e. The summed E-state index contributed by atoms with van der Waals surface area (Å²) in [5.74, 6) is 0. The molecule has 100 valence electrons. The molecule has 1 aromatic heterocycles. The van der Waals surface area contributed by atoms with Crippen LogP contribution in [-0.4, -0.2) is 31.3 Å². The Labute approximate surface area is 114 Å². The monoisotopic (exact) mass is 297 g/mol. The van der Waals surface area contributed by atoms with Crippen molar-refractivity contribution in [2.75, 3.05) is 13.6 Å². The third-order valence-electron chi connectivity index (χ3n) is 2.64. The van der Waals surface area contributed by atoms with Gasteiger partial charge in [0.2, 0.25) is 10.0 Å². The number of thiazole rings is 1. The first-order valence-corrected chi connectivity index (χ1v) is 7.67. The van der Waals surface area contributed by atoms with Crippen molar-refractivity contribution in [1.82, 2.24) is 9.29 Å². The lowest BCUT2D eigenvalue weighted by Gasteiger charge is -2.15. The third-order valence-corrected chi connectivity index (χ3v) is 5.35. The summed E-state index contributed by atoms with van der Waals surface area (Å²) in [6, 6.07) is 6.40. The number of rotatable bonds is 4. The lowest BCUT2D eigenvalue weighted by atomic mass is 10.3. The second-order valence-electron chi connectivity index (χ2n) is 3.91. The highest BCUT2D eigenvalue weighted by Crippen LogP contribution is 2.21. The van der Waals surface area contributed by atoms with Gasteiger partial charge < -0.3 is 4.98 Å². The van der Waals surface area contributed by atoms with E-state index in [1.54, 1.807) is 6.07 Å². The number of hydrogen-bond acceptors (Lipinski definition) is 5. The molecule has 0 amide bonds. The molecule has 1 N–H and O–H groups in total. The molecule has 0 aliphatic rings. The maximum atomic E-state index is 12.2. The zero-order valence-electron chi connectivity index (χ0n) is 10.1. The number of nitrogens with one attached hydrogen (secondary N) is 1. The Hall–Kier alpha value is -1.69. The molecule has 0 unspecified atom stereocenters. The summed E-state index contributed by atoms with van der Waals surface area (Å²) < 4.78 is 26.3. The molecule has 0 aliphatic heterocycles. The van der Waals surface area contributed by atoms with Crippen molar-refractivity contribution in [3.8, 4) is 6.07 Å². The van der Waals surface area contributed by atoms with E-state index in [0.29, 0.717) is 10.2 Å². The summed E-state index contributed by atoms with van der Waals surface area (Å²) in [5.41, 5.74) is 0.504. The fourth-order valence-electron chi connectivity index (χ4n) is 1.60. The highest BCUT2D eigenvalue weighted by molar-refractivity contribution is 7.89. The van der Waals surface area contributed by atoms with Crippen LogP contribution >= 0.6 is 11.3 Å². The average molecular weight is 297 g/mol. The molecule has 8 heteroatoms. The number of sulfonamides is 1. The highest BCUT2D eigenvalue weighted by Gasteiger charge is 2.20. The Bertz CT molecular complexity index is 798. The number of benzene rings is 1. The number of hydrogen-bond donors (Lipinski definition) is 1. The first-order chi connectivity index (χ1) is 8.95. The maximum Gasteiger partial charge on any atom is 0.305 e. The van der Waals surface area contributed by atoms with Gasteiger partial charge in [-0.3, -0.25) is 4.79 Å². The molecule has 2 rings (SSSR count). The van der Waals surface area contributed by atoms with E-state index in [4.69, 9.17) is 5.26 Å². The van der Waals surface area contributed by atoms with Gasteiger partial charge in [0.25, 0.3) is 0 Å². The Morgan fingerprint density at radius 1 is 1.47 bits per heavy atom. The molecule has 1 aromatic carbocycles. The SMILES string of the molecule is CN(CCC#N)S(=O)(=O)c1ccc2sc(=O)[nH]c2c1. The molecule has 2 aromatic rings.